The molecule has 0 aromatic heterocycles. The summed E-state index contributed by atoms with van der Waals surface area (Å²) in [7, 11) is 0. The largest absolute Gasteiger partial charge is 0.339 e. The molecule has 0 aromatic carbocycles. The average Bonchev–Trinajstić information content (AvgIpc) is 2.84. The van der Waals surface area contributed by atoms with Crippen LogP contribution in [0, 0.1) is 5.92 Å². The summed E-state index contributed by atoms with van der Waals surface area (Å²) in [4.78, 5) is 27.6. The summed E-state index contributed by atoms with van der Waals surface area (Å²) in [5.74, 6) is 0.177. The molecule has 0 radical (unpaired) electrons. The smallest absolute Gasteiger partial charge is 0.317 e. The van der Waals surface area contributed by atoms with E-state index in [0.29, 0.717) is 32.7 Å². The van der Waals surface area contributed by atoms with Crippen LogP contribution in [-0.4, -0.2) is 60.5 Å². The van der Waals surface area contributed by atoms with Gasteiger partial charge in [0.25, 0.3) is 0 Å². The van der Waals surface area contributed by atoms with Gasteiger partial charge in [-0.1, -0.05) is 6.42 Å². The third kappa shape index (κ3) is 3.18. The summed E-state index contributed by atoms with van der Waals surface area (Å²) in [6.07, 6.45) is 2.92. The number of rotatable bonds is 2. The predicted octanol–water partition coefficient (Wildman–Crippen LogP) is -0.0125. The molecule has 6 heteroatoms. The highest BCUT2D eigenvalue weighted by atomic mass is 16.2. The Balaban J connectivity index is 1.82. The number of amides is 3. The Bertz CT molecular complexity index is 340. The van der Waals surface area contributed by atoms with Gasteiger partial charge in [0.2, 0.25) is 5.91 Å². The number of hydrogen-bond acceptors (Lipinski definition) is 3. The van der Waals surface area contributed by atoms with E-state index in [1.165, 1.54) is 0 Å². The van der Waals surface area contributed by atoms with Gasteiger partial charge < -0.3 is 20.9 Å². The molecule has 0 bridgehead atoms. The maximum Gasteiger partial charge on any atom is 0.317 e. The van der Waals surface area contributed by atoms with Crippen molar-refractivity contribution in [3.63, 3.8) is 0 Å². The van der Waals surface area contributed by atoms with Crippen molar-refractivity contribution in [3.8, 4) is 0 Å². The molecule has 108 valence electrons. The van der Waals surface area contributed by atoms with Gasteiger partial charge in [-0.05, 0) is 19.8 Å². The van der Waals surface area contributed by atoms with Crippen LogP contribution >= 0.6 is 0 Å². The summed E-state index contributed by atoms with van der Waals surface area (Å²) < 4.78 is 0. The third-order valence-corrected chi connectivity index (χ3v) is 4.09. The van der Waals surface area contributed by atoms with Gasteiger partial charge in [0.05, 0.1) is 5.92 Å². The number of carbonyl (C=O) groups is 2. The predicted molar refractivity (Wildman–Crippen MR) is 72.5 cm³/mol. The number of piperazine rings is 1. The summed E-state index contributed by atoms with van der Waals surface area (Å²) >= 11 is 0. The fourth-order valence-corrected chi connectivity index (χ4v) is 2.92. The molecule has 2 unspecified atom stereocenters. The molecule has 0 spiro atoms. The molecule has 3 amide bonds. The molecule has 1 aliphatic carbocycles. The quantitative estimate of drug-likeness (QED) is 0.739. The second-order valence-electron chi connectivity index (χ2n) is 5.35. The van der Waals surface area contributed by atoms with E-state index in [2.05, 4.69) is 5.32 Å². The SMILES string of the molecule is CCNC(=O)N1CCN(C(=O)C2CCCC2N)CC1. The molecule has 2 rings (SSSR count). The lowest BCUT2D eigenvalue weighted by molar-refractivity contribution is -0.137. The fourth-order valence-electron chi connectivity index (χ4n) is 2.92. The number of nitrogens with one attached hydrogen (secondary N) is 1. The Morgan fingerprint density at radius 3 is 2.32 bits per heavy atom. The van der Waals surface area contributed by atoms with Crippen LogP contribution in [0.4, 0.5) is 4.79 Å². The van der Waals surface area contributed by atoms with Crippen molar-refractivity contribution in [2.75, 3.05) is 32.7 Å². The summed E-state index contributed by atoms with van der Waals surface area (Å²) in [5, 5.41) is 2.79. The van der Waals surface area contributed by atoms with Crippen LogP contribution in [0.2, 0.25) is 0 Å². The maximum absolute atomic E-state index is 12.3. The number of urea groups is 1. The van der Waals surface area contributed by atoms with Gasteiger partial charge in [-0.2, -0.15) is 0 Å². The zero-order valence-electron chi connectivity index (χ0n) is 11.6. The normalized spacial score (nSPS) is 27.5. The lowest BCUT2D eigenvalue weighted by atomic mass is 10.0. The summed E-state index contributed by atoms with van der Waals surface area (Å²) in [6, 6.07) is -0.0129. The van der Waals surface area contributed by atoms with Crippen LogP contribution in [0.15, 0.2) is 0 Å². The van der Waals surface area contributed by atoms with E-state index in [1.54, 1.807) is 4.90 Å². The van der Waals surface area contributed by atoms with Crippen molar-refractivity contribution < 1.29 is 9.59 Å². The molecule has 1 heterocycles. The third-order valence-electron chi connectivity index (χ3n) is 4.09. The van der Waals surface area contributed by atoms with Gasteiger partial charge in [0.15, 0.2) is 0 Å². The van der Waals surface area contributed by atoms with Crippen LogP contribution in [0.5, 0.6) is 0 Å². The molecule has 2 atom stereocenters. The van der Waals surface area contributed by atoms with E-state index in [9.17, 15) is 9.59 Å². The first-order valence-electron chi connectivity index (χ1n) is 7.20. The molecular weight excluding hydrogens is 244 g/mol. The second kappa shape index (κ2) is 6.23. The molecule has 0 aromatic rings. The van der Waals surface area contributed by atoms with Crippen LogP contribution in [0.1, 0.15) is 26.2 Å². The molecule has 3 N–H and O–H groups in total. The van der Waals surface area contributed by atoms with Crippen LogP contribution in [0.25, 0.3) is 0 Å². The number of nitrogens with two attached hydrogens (primary N) is 1. The van der Waals surface area contributed by atoms with Crippen LogP contribution in [0.3, 0.4) is 0 Å². The van der Waals surface area contributed by atoms with Crippen molar-refractivity contribution in [2.45, 2.75) is 32.2 Å². The van der Waals surface area contributed by atoms with E-state index >= 15 is 0 Å². The number of hydrogen-bond donors (Lipinski definition) is 2. The van der Waals surface area contributed by atoms with E-state index < -0.39 is 0 Å². The van der Waals surface area contributed by atoms with Crippen LogP contribution in [-0.2, 0) is 4.79 Å². The molecule has 1 aliphatic heterocycles. The highest BCUT2D eigenvalue weighted by Gasteiger charge is 2.34. The van der Waals surface area contributed by atoms with Gasteiger partial charge in [-0.3, -0.25) is 4.79 Å². The highest BCUT2D eigenvalue weighted by molar-refractivity contribution is 5.80. The zero-order chi connectivity index (χ0) is 13.8. The van der Waals surface area contributed by atoms with Gasteiger partial charge in [-0.15, -0.1) is 0 Å². The lowest BCUT2D eigenvalue weighted by Crippen LogP contribution is -2.55. The first-order chi connectivity index (χ1) is 9.13. The van der Waals surface area contributed by atoms with Crippen molar-refractivity contribution in [2.24, 2.45) is 11.7 Å². The monoisotopic (exact) mass is 268 g/mol. The Labute approximate surface area is 114 Å². The van der Waals surface area contributed by atoms with E-state index in [-0.39, 0.29) is 23.9 Å². The summed E-state index contributed by atoms with van der Waals surface area (Å²) in [5.41, 5.74) is 5.98. The van der Waals surface area contributed by atoms with Crippen molar-refractivity contribution >= 4 is 11.9 Å². The first kappa shape index (κ1) is 14.1. The first-order valence-corrected chi connectivity index (χ1v) is 7.20. The Morgan fingerprint density at radius 2 is 1.79 bits per heavy atom. The van der Waals surface area contributed by atoms with Crippen molar-refractivity contribution in [3.05, 3.63) is 0 Å². The maximum atomic E-state index is 12.3. The average molecular weight is 268 g/mol. The van der Waals surface area contributed by atoms with Gasteiger partial charge in [-0.25, -0.2) is 4.79 Å². The van der Waals surface area contributed by atoms with E-state index in [4.69, 9.17) is 5.73 Å². The molecular formula is C13H24N4O2. The zero-order valence-corrected chi connectivity index (χ0v) is 11.6. The Kier molecular flexibility index (Phi) is 4.63. The molecule has 6 nitrogen and oxygen atoms in total. The topological polar surface area (TPSA) is 78.7 Å². The van der Waals surface area contributed by atoms with Crippen molar-refractivity contribution in [1.82, 2.24) is 15.1 Å². The minimum atomic E-state index is -0.0350. The summed E-state index contributed by atoms with van der Waals surface area (Å²) in [6.45, 7) is 5.01. The van der Waals surface area contributed by atoms with Gasteiger partial charge in [0, 0.05) is 38.8 Å². The molecule has 1 saturated heterocycles. The van der Waals surface area contributed by atoms with Crippen molar-refractivity contribution in [1.29, 1.82) is 0 Å². The standard InChI is InChI=1S/C13H24N4O2/c1-2-15-13(19)17-8-6-16(7-9-17)12(18)10-4-3-5-11(10)14/h10-11H,2-9,14H2,1H3,(H,15,19). The molecule has 2 fully saturated rings. The molecule has 19 heavy (non-hydrogen) atoms. The lowest BCUT2D eigenvalue weighted by Gasteiger charge is -2.36. The van der Waals surface area contributed by atoms with E-state index in [0.717, 1.165) is 19.3 Å². The molecule has 2 aliphatic rings. The van der Waals surface area contributed by atoms with Crippen LogP contribution < -0.4 is 11.1 Å². The minimum absolute atomic E-state index is 0.00369. The molecule has 1 saturated carbocycles. The Morgan fingerprint density at radius 1 is 1.16 bits per heavy atom. The van der Waals surface area contributed by atoms with Gasteiger partial charge in [0.1, 0.15) is 0 Å². The van der Waals surface area contributed by atoms with E-state index in [1.807, 2.05) is 11.8 Å². The Hall–Kier alpha value is -1.30. The van der Waals surface area contributed by atoms with Gasteiger partial charge >= 0.3 is 6.03 Å². The highest BCUT2D eigenvalue weighted by Crippen LogP contribution is 2.26. The minimum Gasteiger partial charge on any atom is -0.339 e. The second-order valence-corrected chi connectivity index (χ2v) is 5.35. The fraction of sp³-hybridized carbons (Fsp3) is 0.846. The number of nitrogens with zero attached hydrogens (tertiary/aromatic N) is 2. The number of carbonyl (C=O) groups excluding carboxylic acids is 2.